The van der Waals surface area contributed by atoms with E-state index >= 15 is 0 Å². The van der Waals surface area contributed by atoms with Gasteiger partial charge in [-0.15, -0.1) is 0 Å². The lowest BCUT2D eigenvalue weighted by Gasteiger charge is -2.42. The molecule has 0 aromatic heterocycles. The van der Waals surface area contributed by atoms with Crippen molar-refractivity contribution in [1.82, 2.24) is 10.2 Å². The average molecular weight is 445 g/mol. The molecule has 176 valence electrons. The zero-order chi connectivity index (χ0) is 22.7. The van der Waals surface area contributed by atoms with Crippen molar-refractivity contribution >= 4 is 12.0 Å². The Kier molecular flexibility index (Phi) is 6.93. The van der Waals surface area contributed by atoms with Crippen LogP contribution in [0, 0.1) is 0 Å². The highest BCUT2D eigenvalue weighted by Gasteiger charge is 2.38. The van der Waals surface area contributed by atoms with E-state index in [4.69, 9.17) is 14.2 Å². The smallest absolute Gasteiger partial charge is 0.407 e. The molecule has 2 fully saturated rings. The molecule has 0 spiro atoms. The van der Waals surface area contributed by atoms with E-state index in [2.05, 4.69) is 11.4 Å². The zero-order valence-electron chi connectivity index (χ0n) is 19.5. The molecular weight excluding hydrogens is 408 g/mol. The first-order chi connectivity index (χ1) is 15.3. The first kappa shape index (κ1) is 22.9. The number of hydrogen-bond acceptors (Lipinski definition) is 5. The van der Waals surface area contributed by atoms with E-state index in [0.717, 1.165) is 44.3 Å². The number of rotatable bonds is 1. The van der Waals surface area contributed by atoms with E-state index in [-0.39, 0.29) is 30.7 Å². The summed E-state index contributed by atoms with van der Waals surface area (Å²) in [6, 6.07) is 7.64. The highest BCUT2D eigenvalue weighted by molar-refractivity contribution is 5.78. The summed E-state index contributed by atoms with van der Waals surface area (Å²) in [5, 5.41) is 3.00. The Balaban J connectivity index is 1.54. The van der Waals surface area contributed by atoms with Crippen molar-refractivity contribution in [3.05, 3.63) is 29.8 Å². The Labute approximate surface area is 190 Å². The van der Waals surface area contributed by atoms with Crippen LogP contribution in [-0.4, -0.2) is 60.4 Å². The average Bonchev–Trinajstić information content (AvgIpc) is 2.76. The fraction of sp³-hybridized carbons (Fsp3) is 0.680. The molecule has 7 heteroatoms. The summed E-state index contributed by atoms with van der Waals surface area (Å²) >= 11 is 0. The summed E-state index contributed by atoms with van der Waals surface area (Å²) in [7, 11) is 0. The van der Waals surface area contributed by atoms with Gasteiger partial charge in [-0.3, -0.25) is 4.79 Å². The Bertz CT molecular complexity index is 813. The molecule has 5 rings (SSSR count). The molecule has 1 N–H and O–H groups in total. The van der Waals surface area contributed by atoms with Crippen molar-refractivity contribution in [2.24, 2.45) is 0 Å². The van der Waals surface area contributed by atoms with Gasteiger partial charge in [0.15, 0.2) is 6.61 Å². The number of fused-ring (bicyclic) bond motifs is 5. The predicted molar refractivity (Wildman–Crippen MR) is 121 cm³/mol. The van der Waals surface area contributed by atoms with Crippen LogP contribution in [0.3, 0.4) is 0 Å². The van der Waals surface area contributed by atoms with Gasteiger partial charge in [0.2, 0.25) is 0 Å². The topological polar surface area (TPSA) is 77.1 Å². The number of hydrogen-bond donors (Lipinski definition) is 1. The van der Waals surface area contributed by atoms with Crippen LogP contribution in [0.4, 0.5) is 4.79 Å². The lowest BCUT2D eigenvalue weighted by Crippen LogP contribution is -2.60. The highest BCUT2D eigenvalue weighted by atomic mass is 16.6. The normalized spacial score (nSPS) is 28.8. The molecule has 1 aliphatic carbocycles. The Morgan fingerprint density at radius 3 is 2.62 bits per heavy atom. The van der Waals surface area contributed by atoms with E-state index < -0.39 is 11.7 Å². The van der Waals surface area contributed by atoms with Gasteiger partial charge >= 0.3 is 6.09 Å². The molecule has 2 amide bonds. The number of carbonyl (C=O) groups is 2. The van der Waals surface area contributed by atoms with Gasteiger partial charge in [-0.1, -0.05) is 18.2 Å². The lowest BCUT2D eigenvalue weighted by molar-refractivity contribution is -0.140. The molecular formula is C25H36N2O5. The van der Waals surface area contributed by atoms with Crippen molar-refractivity contribution < 1.29 is 23.8 Å². The number of nitrogens with zero attached hydrogens (tertiary/aromatic N) is 1. The molecule has 1 saturated heterocycles. The summed E-state index contributed by atoms with van der Waals surface area (Å²) in [6.45, 7) is 6.57. The summed E-state index contributed by atoms with van der Waals surface area (Å²) in [4.78, 5) is 27.5. The fourth-order valence-corrected chi connectivity index (χ4v) is 5.15. The summed E-state index contributed by atoms with van der Waals surface area (Å²) < 4.78 is 17.9. The van der Waals surface area contributed by atoms with Gasteiger partial charge in [-0.25, -0.2) is 4.79 Å². The molecule has 0 unspecified atom stereocenters. The Morgan fingerprint density at radius 2 is 1.88 bits per heavy atom. The largest absolute Gasteiger partial charge is 0.483 e. The molecule has 2 atom stereocenters. The number of alkyl carbamates (subject to hydrolysis) is 1. The van der Waals surface area contributed by atoms with E-state index in [1.807, 2.05) is 43.9 Å². The van der Waals surface area contributed by atoms with E-state index in [1.165, 1.54) is 5.56 Å². The molecule has 3 aliphatic heterocycles. The van der Waals surface area contributed by atoms with Crippen molar-refractivity contribution in [2.45, 2.75) is 89.0 Å². The van der Waals surface area contributed by atoms with Gasteiger partial charge in [0.25, 0.3) is 5.91 Å². The van der Waals surface area contributed by atoms with Gasteiger partial charge in [0.05, 0.1) is 24.8 Å². The molecule has 32 heavy (non-hydrogen) atoms. The van der Waals surface area contributed by atoms with Gasteiger partial charge in [0, 0.05) is 6.54 Å². The Hall–Kier alpha value is -2.28. The first-order valence-electron chi connectivity index (χ1n) is 11.9. The van der Waals surface area contributed by atoms with Crippen LogP contribution in [0.5, 0.6) is 5.75 Å². The zero-order valence-corrected chi connectivity index (χ0v) is 19.5. The van der Waals surface area contributed by atoms with Gasteiger partial charge in [-0.05, 0) is 76.8 Å². The van der Waals surface area contributed by atoms with Crippen LogP contribution < -0.4 is 10.1 Å². The maximum absolute atomic E-state index is 13.2. The van der Waals surface area contributed by atoms with Crippen LogP contribution in [0.15, 0.2) is 24.3 Å². The van der Waals surface area contributed by atoms with Crippen molar-refractivity contribution in [2.75, 3.05) is 19.8 Å². The third kappa shape index (κ3) is 5.55. The number of para-hydroxylation sites is 1. The predicted octanol–water partition coefficient (Wildman–Crippen LogP) is 4.01. The van der Waals surface area contributed by atoms with Crippen LogP contribution in [0.1, 0.15) is 70.8 Å². The molecule has 1 aromatic carbocycles. The standard InChI is InChI=1S/C25H36N2O5/c1-25(2,3)32-24(29)26-20-8-6-14-27-21(20)15-30-18-12-10-17(11-13-18)19-7-4-5-9-22(19)31-16-23(27)28/h4-5,7,9,17-18,20-21H,6,8,10-16H2,1-3H3,(H,26,29)/t17?,18?,20-,21-/m0/s1. The molecule has 4 aliphatic rings. The highest BCUT2D eigenvalue weighted by Crippen LogP contribution is 2.38. The second kappa shape index (κ2) is 9.69. The number of piperidine rings is 1. The minimum Gasteiger partial charge on any atom is -0.483 e. The molecule has 2 bridgehead atoms. The summed E-state index contributed by atoms with van der Waals surface area (Å²) in [5.74, 6) is 1.17. The lowest BCUT2D eigenvalue weighted by atomic mass is 9.82. The molecule has 1 saturated carbocycles. The second-order valence-corrected chi connectivity index (χ2v) is 10.2. The van der Waals surface area contributed by atoms with Crippen LogP contribution >= 0.6 is 0 Å². The minimum absolute atomic E-state index is 0.0111. The SMILES string of the molecule is CC(C)(C)OC(=O)N[C@H]1CCCN2C(=O)COc3ccccc3C3CCC(CC3)OC[C@@H]12. The number of ether oxygens (including phenoxy) is 3. The monoisotopic (exact) mass is 444 g/mol. The van der Waals surface area contributed by atoms with Gasteiger partial charge < -0.3 is 24.4 Å². The maximum Gasteiger partial charge on any atom is 0.407 e. The molecule has 0 radical (unpaired) electrons. The van der Waals surface area contributed by atoms with E-state index in [0.29, 0.717) is 19.1 Å². The quantitative estimate of drug-likeness (QED) is 0.708. The second-order valence-electron chi connectivity index (χ2n) is 10.2. The van der Waals surface area contributed by atoms with E-state index in [1.54, 1.807) is 0 Å². The Morgan fingerprint density at radius 1 is 1.12 bits per heavy atom. The van der Waals surface area contributed by atoms with Crippen molar-refractivity contribution in [3.63, 3.8) is 0 Å². The summed E-state index contributed by atoms with van der Waals surface area (Å²) in [6.07, 6.45) is 5.40. The third-order valence-corrected chi connectivity index (χ3v) is 6.69. The number of benzene rings is 1. The summed E-state index contributed by atoms with van der Waals surface area (Å²) in [5.41, 5.74) is 0.618. The van der Waals surface area contributed by atoms with E-state index in [9.17, 15) is 9.59 Å². The minimum atomic E-state index is -0.574. The number of nitrogens with one attached hydrogen (secondary N) is 1. The van der Waals surface area contributed by atoms with Crippen molar-refractivity contribution in [1.29, 1.82) is 0 Å². The van der Waals surface area contributed by atoms with Crippen molar-refractivity contribution in [3.8, 4) is 5.75 Å². The van der Waals surface area contributed by atoms with Crippen LogP contribution in [0.25, 0.3) is 0 Å². The molecule has 7 nitrogen and oxygen atoms in total. The van der Waals surface area contributed by atoms with Crippen LogP contribution in [0.2, 0.25) is 0 Å². The maximum atomic E-state index is 13.2. The first-order valence-corrected chi connectivity index (χ1v) is 11.9. The van der Waals surface area contributed by atoms with Gasteiger partial charge in [-0.2, -0.15) is 0 Å². The fourth-order valence-electron chi connectivity index (χ4n) is 5.15. The van der Waals surface area contributed by atoms with Gasteiger partial charge in [0.1, 0.15) is 11.4 Å². The molecule has 1 aromatic rings. The number of carbonyl (C=O) groups excluding carboxylic acids is 2. The number of amides is 2. The molecule has 3 heterocycles. The van der Waals surface area contributed by atoms with Crippen LogP contribution in [-0.2, 0) is 14.3 Å². The third-order valence-electron chi connectivity index (χ3n) is 6.69.